The molecule has 0 spiro atoms. The molecule has 2 aromatic carbocycles. The molecule has 0 atom stereocenters. The number of aliphatic imine (C=N–C) groups is 1. The first-order valence-corrected chi connectivity index (χ1v) is 12.8. The minimum atomic E-state index is -0.441. The third-order valence-electron chi connectivity index (χ3n) is 6.82. The molecule has 5 rings (SSSR count). The quantitative estimate of drug-likeness (QED) is 0.189. The van der Waals surface area contributed by atoms with Crippen LogP contribution < -0.4 is 20.5 Å². The second-order valence-electron chi connectivity index (χ2n) is 9.29. The van der Waals surface area contributed by atoms with E-state index in [0.717, 1.165) is 36.9 Å². The van der Waals surface area contributed by atoms with Gasteiger partial charge >= 0.3 is 0 Å². The highest BCUT2D eigenvalue weighted by atomic mass is 35.5. The largest absolute Gasteiger partial charge is 0.508 e. The monoisotopic (exact) mass is 537 g/mol. The van der Waals surface area contributed by atoms with Crippen molar-refractivity contribution in [2.45, 2.75) is 38.1 Å². The maximum atomic E-state index is 15.1. The number of phenolic OH excluding ortho intramolecular Hbond substituents is 1. The molecule has 38 heavy (non-hydrogen) atoms. The van der Waals surface area contributed by atoms with Crippen molar-refractivity contribution in [1.82, 2.24) is 9.61 Å². The molecule has 2 aromatic heterocycles. The molecule has 1 aliphatic rings. The normalized spacial score (nSPS) is 14.6. The van der Waals surface area contributed by atoms with Gasteiger partial charge in [0.2, 0.25) is 0 Å². The Balaban J connectivity index is 1.64. The fraction of sp³-hybridized carbons (Fsp3) is 0.286. The second-order valence-corrected chi connectivity index (χ2v) is 9.70. The first kappa shape index (κ1) is 25.7. The van der Waals surface area contributed by atoms with Crippen molar-refractivity contribution in [1.29, 1.82) is 0 Å². The van der Waals surface area contributed by atoms with Crippen LogP contribution in [-0.4, -0.2) is 40.8 Å². The summed E-state index contributed by atoms with van der Waals surface area (Å²) in [5, 5.41) is 18.2. The number of hydrogen-bond donors (Lipinski definition) is 3. The van der Waals surface area contributed by atoms with Crippen molar-refractivity contribution in [2.75, 3.05) is 19.5 Å². The van der Waals surface area contributed by atoms with Crippen molar-refractivity contribution in [3.05, 3.63) is 65.2 Å². The van der Waals surface area contributed by atoms with Crippen LogP contribution in [-0.2, 0) is 0 Å². The molecule has 4 aromatic rings. The second kappa shape index (κ2) is 10.8. The lowest BCUT2D eigenvalue weighted by atomic mass is 9.95. The van der Waals surface area contributed by atoms with E-state index >= 15 is 4.39 Å². The number of methoxy groups -OCH3 is 2. The molecule has 0 saturated heterocycles. The highest BCUT2D eigenvalue weighted by molar-refractivity contribution is 6.33. The van der Waals surface area contributed by atoms with Crippen LogP contribution in [0.25, 0.3) is 16.6 Å². The Morgan fingerprint density at radius 3 is 2.58 bits per heavy atom. The van der Waals surface area contributed by atoms with Crippen molar-refractivity contribution in [3.8, 4) is 28.4 Å². The minimum absolute atomic E-state index is 0.0402. The first-order chi connectivity index (χ1) is 18.4. The Bertz CT molecular complexity index is 1510. The van der Waals surface area contributed by atoms with E-state index in [-0.39, 0.29) is 22.6 Å². The van der Waals surface area contributed by atoms with E-state index in [1.807, 2.05) is 6.07 Å². The lowest BCUT2D eigenvalue weighted by Gasteiger charge is -2.25. The highest BCUT2D eigenvalue weighted by Gasteiger charge is 2.21. The zero-order valence-corrected chi connectivity index (χ0v) is 21.9. The molecule has 8 nitrogen and oxygen atoms in total. The van der Waals surface area contributed by atoms with Gasteiger partial charge in [-0.1, -0.05) is 30.9 Å². The maximum Gasteiger partial charge on any atom is 0.163 e. The predicted molar refractivity (Wildman–Crippen MR) is 148 cm³/mol. The molecule has 4 N–H and O–H groups in total. The Hall–Kier alpha value is -3.98. The van der Waals surface area contributed by atoms with Crippen LogP contribution in [0.4, 0.5) is 15.8 Å². The fourth-order valence-electron chi connectivity index (χ4n) is 4.85. The van der Waals surface area contributed by atoms with Gasteiger partial charge < -0.3 is 25.6 Å². The van der Waals surface area contributed by atoms with E-state index in [1.54, 1.807) is 29.0 Å². The molecule has 0 amide bonds. The summed E-state index contributed by atoms with van der Waals surface area (Å²) in [6.07, 6.45) is 8.97. The van der Waals surface area contributed by atoms with Crippen LogP contribution in [0.2, 0.25) is 5.02 Å². The lowest BCUT2D eigenvalue weighted by Crippen LogP contribution is -2.25. The average molecular weight is 538 g/mol. The summed E-state index contributed by atoms with van der Waals surface area (Å²) >= 11 is 6.27. The third kappa shape index (κ3) is 5.06. The maximum absolute atomic E-state index is 15.1. The summed E-state index contributed by atoms with van der Waals surface area (Å²) in [4.78, 5) is 4.52. The van der Waals surface area contributed by atoms with E-state index in [9.17, 15) is 5.11 Å². The number of aromatic hydroxyl groups is 1. The Kier molecular flexibility index (Phi) is 7.28. The summed E-state index contributed by atoms with van der Waals surface area (Å²) in [6.45, 7) is 0. The van der Waals surface area contributed by atoms with Crippen LogP contribution in [0.1, 0.15) is 37.7 Å². The smallest absolute Gasteiger partial charge is 0.163 e. The van der Waals surface area contributed by atoms with Gasteiger partial charge in [-0.3, -0.25) is 0 Å². The number of phenols is 1. The lowest BCUT2D eigenvalue weighted by molar-refractivity contribution is 0.352. The molecule has 0 aliphatic heterocycles. The molecule has 198 valence electrons. The number of aromatic nitrogens is 2. The number of nitrogens with two attached hydrogens (primary N) is 1. The fourth-order valence-corrected chi connectivity index (χ4v) is 5.07. The molecule has 0 radical (unpaired) electrons. The summed E-state index contributed by atoms with van der Waals surface area (Å²) < 4.78 is 27.4. The Morgan fingerprint density at radius 2 is 1.87 bits per heavy atom. The summed E-state index contributed by atoms with van der Waals surface area (Å²) in [7, 11) is 2.98. The van der Waals surface area contributed by atoms with Crippen molar-refractivity contribution in [3.63, 3.8) is 0 Å². The van der Waals surface area contributed by atoms with Crippen molar-refractivity contribution >= 4 is 34.3 Å². The van der Waals surface area contributed by atoms with Crippen LogP contribution in [0, 0.1) is 5.82 Å². The number of anilines is 1. The molecule has 0 unspecified atom stereocenters. The van der Waals surface area contributed by atoms with Crippen molar-refractivity contribution < 1.29 is 19.0 Å². The van der Waals surface area contributed by atoms with Crippen LogP contribution in [0.15, 0.2) is 53.8 Å². The van der Waals surface area contributed by atoms with Gasteiger partial charge in [0.25, 0.3) is 0 Å². The summed E-state index contributed by atoms with van der Waals surface area (Å²) in [5.74, 6) is 0.554. The zero-order chi connectivity index (χ0) is 26.8. The first-order valence-electron chi connectivity index (χ1n) is 12.4. The van der Waals surface area contributed by atoms with Gasteiger partial charge in [-0.2, -0.15) is 5.10 Å². The molecule has 1 fully saturated rings. The van der Waals surface area contributed by atoms with Crippen molar-refractivity contribution in [2.24, 2.45) is 10.7 Å². The Labute approximate surface area is 224 Å². The predicted octanol–water partition coefficient (Wildman–Crippen LogP) is 6.30. The van der Waals surface area contributed by atoms with E-state index < -0.39 is 5.82 Å². The zero-order valence-electron chi connectivity index (χ0n) is 21.2. The van der Waals surface area contributed by atoms with Crippen LogP contribution in [0.5, 0.6) is 17.2 Å². The number of nitrogens with zero attached hydrogens (tertiary/aromatic N) is 3. The summed E-state index contributed by atoms with van der Waals surface area (Å²) in [6, 6.07) is 9.55. The number of nitrogens with one attached hydrogen (secondary N) is 1. The SMILES string of the molecule is COc1cc(F)c(-c2cc3c(NC4CCCCC4)c(C(N)=Nc4ccc(O)cc4Cl)cnn3c2)cc1OC. The van der Waals surface area contributed by atoms with Gasteiger partial charge in [0.15, 0.2) is 11.5 Å². The van der Waals surface area contributed by atoms with Crippen LogP contribution in [0.3, 0.4) is 0 Å². The standard InChI is InChI=1S/C28H29ClFN5O3/c1-37-25-12-19(22(30)13-26(25)38-2)16-10-24-27(33-17-6-4-3-5-7-17)20(14-32-35(24)15-16)28(31)34-23-9-8-18(36)11-21(23)29/h8-15,17,33,36H,3-7H2,1-2H3,(H2,31,34). The van der Waals surface area contributed by atoms with Gasteiger partial charge in [0.1, 0.15) is 17.4 Å². The van der Waals surface area contributed by atoms with Gasteiger partial charge in [-0.25, -0.2) is 13.9 Å². The number of halogens is 2. The number of rotatable bonds is 7. The minimum Gasteiger partial charge on any atom is -0.508 e. The number of benzene rings is 2. The Morgan fingerprint density at radius 1 is 1.13 bits per heavy atom. The molecule has 2 heterocycles. The van der Waals surface area contributed by atoms with E-state index in [0.29, 0.717) is 33.9 Å². The van der Waals surface area contributed by atoms with Gasteiger partial charge in [-0.15, -0.1) is 0 Å². The molecule has 0 bridgehead atoms. The number of fused-ring (bicyclic) bond motifs is 1. The van der Waals surface area contributed by atoms with E-state index in [4.69, 9.17) is 26.8 Å². The highest BCUT2D eigenvalue weighted by Crippen LogP contribution is 2.37. The van der Waals surface area contributed by atoms with Crippen LogP contribution >= 0.6 is 11.6 Å². The third-order valence-corrected chi connectivity index (χ3v) is 7.13. The topological polar surface area (TPSA) is 106 Å². The molecule has 1 aliphatic carbocycles. The summed E-state index contributed by atoms with van der Waals surface area (Å²) in [5.41, 5.74) is 9.99. The van der Waals surface area contributed by atoms with E-state index in [2.05, 4.69) is 15.4 Å². The molecule has 10 heteroatoms. The van der Waals surface area contributed by atoms with Gasteiger partial charge in [0, 0.05) is 35.5 Å². The molecule has 1 saturated carbocycles. The number of amidine groups is 1. The number of ether oxygens (including phenoxy) is 2. The number of hydrogen-bond acceptors (Lipinski definition) is 6. The molecular weight excluding hydrogens is 509 g/mol. The van der Waals surface area contributed by atoms with Gasteiger partial charge in [0.05, 0.1) is 47.9 Å². The van der Waals surface area contributed by atoms with E-state index in [1.165, 1.54) is 38.8 Å². The van der Waals surface area contributed by atoms with Gasteiger partial charge in [-0.05, 0) is 37.1 Å². The average Bonchev–Trinajstić information content (AvgIpc) is 3.35. The molecular formula is C28H29ClFN5O3.